The van der Waals surface area contributed by atoms with Crippen molar-refractivity contribution in [1.29, 1.82) is 0 Å². The van der Waals surface area contributed by atoms with E-state index in [0.717, 1.165) is 28.7 Å². The molecule has 112 valence electrons. The zero-order valence-electron chi connectivity index (χ0n) is 12.5. The van der Waals surface area contributed by atoms with Gasteiger partial charge in [-0.25, -0.2) is 0 Å². The molecule has 0 heterocycles. The molecule has 2 nitrogen and oxygen atoms in total. The van der Waals surface area contributed by atoms with E-state index in [0.29, 0.717) is 0 Å². The van der Waals surface area contributed by atoms with Crippen molar-refractivity contribution in [1.82, 2.24) is 0 Å². The minimum Gasteiger partial charge on any atom is -0.384 e. The fourth-order valence-electron chi connectivity index (χ4n) is 4.04. The molecule has 0 bridgehead atoms. The topological polar surface area (TPSA) is 40.5 Å². The van der Waals surface area contributed by atoms with Crippen LogP contribution in [0.25, 0.3) is 11.1 Å². The second-order valence-corrected chi connectivity index (χ2v) is 6.41. The SMILES string of the molecule is OC1c2ccccc2C(O)c2cc3c(cc21)Cc1ccccc1-3. The van der Waals surface area contributed by atoms with Gasteiger partial charge in [0, 0.05) is 0 Å². The summed E-state index contributed by atoms with van der Waals surface area (Å²) in [5.41, 5.74) is 8.24. The zero-order chi connectivity index (χ0) is 15.6. The van der Waals surface area contributed by atoms with Crippen molar-refractivity contribution in [3.63, 3.8) is 0 Å². The van der Waals surface area contributed by atoms with Gasteiger partial charge in [0.05, 0.1) is 0 Å². The predicted octanol–water partition coefficient (Wildman–Crippen LogP) is 3.73. The Morgan fingerprint density at radius 2 is 1.22 bits per heavy atom. The van der Waals surface area contributed by atoms with Crippen molar-refractivity contribution in [2.45, 2.75) is 18.6 Å². The molecule has 5 rings (SSSR count). The van der Waals surface area contributed by atoms with Crippen molar-refractivity contribution < 1.29 is 10.2 Å². The van der Waals surface area contributed by atoms with Crippen LogP contribution in [-0.2, 0) is 6.42 Å². The molecular formula is C21H16O2. The van der Waals surface area contributed by atoms with Crippen LogP contribution in [0.1, 0.15) is 45.6 Å². The molecule has 2 N–H and O–H groups in total. The van der Waals surface area contributed by atoms with Crippen molar-refractivity contribution in [3.05, 3.63) is 94.0 Å². The highest BCUT2D eigenvalue weighted by Gasteiger charge is 2.32. The summed E-state index contributed by atoms with van der Waals surface area (Å²) in [5.74, 6) is 0. The van der Waals surface area contributed by atoms with Crippen LogP contribution in [0, 0.1) is 0 Å². The molecule has 0 saturated carbocycles. The van der Waals surface area contributed by atoms with Gasteiger partial charge in [0.15, 0.2) is 0 Å². The minimum atomic E-state index is -0.678. The average Bonchev–Trinajstić information content (AvgIpc) is 2.96. The summed E-state index contributed by atoms with van der Waals surface area (Å²) in [6, 6.07) is 20.1. The fourth-order valence-corrected chi connectivity index (χ4v) is 4.04. The van der Waals surface area contributed by atoms with Crippen LogP contribution < -0.4 is 0 Å². The molecule has 2 aliphatic carbocycles. The van der Waals surface area contributed by atoms with E-state index in [1.54, 1.807) is 0 Å². The van der Waals surface area contributed by atoms with Gasteiger partial charge in [0.25, 0.3) is 0 Å². The first kappa shape index (κ1) is 13.1. The Kier molecular flexibility index (Phi) is 2.58. The second-order valence-electron chi connectivity index (χ2n) is 6.41. The number of aliphatic hydroxyl groups is 2. The molecule has 0 spiro atoms. The van der Waals surface area contributed by atoms with Gasteiger partial charge < -0.3 is 10.2 Å². The molecule has 2 atom stereocenters. The molecule has 23 heavy (non-hydrogen) atoms. The van der Waals surface area contributed by atoms with Crippen LogP contribution in [0.4, 0.5) is 0 Å². The molecule has 0 amide bonds. The molecule has 0 aliphatic heterocycles. The van der Waals surface area contributed by atoms with Gasteiger partial charge >= 0.3 is 0 Å². The number of fused-ring (bicyclic) bond motifs is 5. The van der Waals surface area contributed by atoms with Crippen LogP contribution in [0.3, 0.4) is 0 Å². The van der Waals surface area contributed by atoms with Gasteiger partial charge in [-0.1, -0.05) is 54.6 Å². The van der Waals surface area contributed by atoms with Crippen LogP contribution in [0.5, 0.6) is 0 Å². The maximum atomic E-state index is 10.8. The van der Waals surface area contributed by atoms with Crippen LogP contribution in [-0.4, -0.2) is 10.2 Å². The number of benzene rings is 3. The number of hydrogen-bond donors (Lipinski definition) is 2. The number of aliphatic hydroxyl groups excluding tert-OH is 2. The first-order chi connectivity index (χ1) is 11.2. The highest BCUT2D eigenvalue weighted by atomic mass is 16.3. The third-order valence-corrected chi connectivity index (χ3v) is 5.17. The molecule has 0 radical (unpaired) electrons. The molecule has 0 aromatic heterocycles. The molecule has 0 saturated heterocycles. The summed E-state index contributed by atoms with van der Waals surface area (Å²) in [5, 5.41) is 21.6. The smallest absolute Gasteiger partial charge is 0.105 e. The molecule has 2 aliphatic rings. The monoisotopic (exact) mass is 300 g/mol. The summed E-state index contributed by atoms with van der Waals surface area (Å²) in [6.07, 6.45) is -0.454. The van der Waals surface area contributed by atoms with Crippen LogP contribution >= 0.6 is 0 Å². The molecule has 3 aromatic rings. The van der Waals surface area contributed by atoms with E-state index in [1.807, 2.05) is 30.3 Å². The summed E-state index contributed by atoms with van der Waals surface area (Å²) in [6.45, 7) is 0. The highest BCUT2D eigenvalue weighted by Crippen LogP contribution is 2.46. The van der Waals surface area contributed by atoms with Gasteiger partial charge in [-0.15, -0.1) is 0 Å². The van der Waals surface area contributed by atoms with E-state index >= 15 is 0 Å². The van der Waals surface area contributed by atoms with E-state index in [1.165, 1.54) is 22.3 Å². The molecule has 2 unspecified atom stereocenters. The first-order valence-electron chi connectivity index (χ1n) is 7.94. The highest BCUT2D eigenvalue weighted by molar-refractivity contribution is 5.78. The van der Waals surface area contributed by atoms with E-state index in [4.69, 9.17) is 0 Å². The number of rotatable bonds is 0. The zero-order valence-corrected chi connectivity index (χ0v) is 12.5. The summed E-state index contributed by atoms with van der Waals surface area (Å²) >= 11 is 0. The number of hydrogen-bond acceptors (Lipinski definition) is 2. The Labute approximate surface area is 134 Å². The van der Waals surface area contributed by atoms with Gasteiger partial charge in [-0.2, -0.15) is 0 Å². The van der Waals surface area contributed by atoms with E-state index in [9.17, 15) is 10.2 Å². The fraction of sp³-hybridized carbons (Fsp3) is 0.143. The first-order valence-corrected chi connectivity index (χ1v) is 7.94. The lowest BCUT2D eigenvalue weighted by atomic mass is 9.80. The standard InChI is InChI=1S/C21H16O2/c22-20-15-7-3-4-8-16(15)21(23)19-11-17-13(10-18(19)20)9-12-5-1-2-6-14(12)17/h1-8,10-11,20-23H,9H2. The van der Waals surface area contributed by atoms with Gasteiger partial charge in [0.1, 0.15) is 12.2 Å². The summed E-state index contributed by atoms with van der Waals surface area (Å²) < 4.78 is 0. The Bertz CT molecular complexity index is 942. The maximum absolute atomic E-state index is 10.8. The lowest BCUT2D eigenvalue weighted by Gasteiger charge is -2.29. The Morgan fingerprint density at radius 3 is 1.96 bits per heavy atom. The normalized spacial score (nSPS) is 20.4. The summed E-state index contributed by atoms with van der Waals surface area (Å²) in [4.78, 5) is 0. The van der Waals surface area contributed by atoms with E-state index in [-0.39, 0.29) is 0 Å². The Hall–Kier alpha value is -2.42. The van der Waals surface area contributed by atoms with Crippen LogP contribution in [0.15, 0.2) is 60.7 Å². The van der Waals surface area contributed by atoms with Crippen molar-refractivity contribution in [3.8, 4) is 11.1 Å². The maximum Gasteiger partial charge on any atom is 0.105 e. The lowest BCUT2D eigenvalue weighted by Crippen LogP contribution is -2.18. The Balaban J connectivity index is 1.75. The predicted molar refractivity (Wildman–Crippen MR) is 89.2 cm³/mol. The minimum absolute atomic E-state index is 0.668. The van der Waals surface area contributed by atoms with E-state index in [2.05, 4.69) is 30.3 Å². The van der Waals surface area contributed by atoms with Crippen molar-refractivity contribution >= 4 is 0 Å². The summed E-state index contributed by atoms with van der Waals surface area (Å²) in [7, 11) is 0. The van der Waals surface area contributed by atoms with Gasteiger partial charge in [0.2, 0.25) is 0 Å². The third kappa shape index (κ3) is 1.70. The average molecular weight is 300 g/mol. The molecular weight excluding hydrogens is 284 g/mol. The van der Waals surface area contributed by atoms with Crippen molar-refractivity contribution in [2.24, 2.45) is 0 Å². The Morgan fingerprint density at radius 1 is 0.609 bits per heavy atom. The molecule has 2 heteroatoms. The largest absolute Gasteiger partial charge is 0.384 e. The molecule has 0 fully saturated rings. The van der Waals surface area contributed by atoms with Crippen LogP contribution in [0.2, 0.25) is 0 Å². The van der Waals surface area contributed by atoms with Gasteiger partial charge in [-0.3, -0.25) is 0 Å². The second kappa shape index (κ2) is 4.54. The van der Waals surface area contributed by atoms with Crippen molar-refractivity contribution in [2.75, 3.05) is 0 Å². The van der Waals surface area contributed by atoms with E-state index < -0.39 is 12.2 Å². The lowest BCUT2D eigenvalue weighted by molar-refractivity contribution is 0.173. The quantitative estimate of drug-likeness (QED) is 0.519. The van der Waals surface area contributed by atoms with Gasteiger partial charge in [-0.05, 0) is 57.0 Å². The third-order valence-electron chi connectivity index (χ3n) is 5.17. The molecule has 3 aromatic carbocycles.